The normalized spacial score (nSPS) is 13.7. The second kappa shape index (κ2) is 14.8. The van der Waals surface area contributed by atoms with Crippen LogP contribution in [0.3, 0.4) is 0 Å². The summed E-state index contributed by atoms with van der Waals surface area (Å²) in [6.07, 6.45) is 15.0. The van der Waals surface area contributed by atoms with Gasteiger partial charge in [0, 0.05) is 0 Å². The van der Waals surface area contributed by atoms with E-state index < -0.39 is 0 Å². The lowest BCUT2D eigenvalue weighted by Crippen LogP contribution is -2.11. The van der Waals surface area contributed by atoms with Gasteiger partial charge in [0.05, 0.1) is 0 Å². The number of hydrogen-bond acceptors (Lipinski definition) is 0. The van der Waals surface area contributed by atoms with Gasteiger partial charge in [0.1, 0.15) is 0 Å². The molecule has 0 aromatic carbocycles. The Balaban J connectivity index is 0. The highest BCUT2D eigenvalue weighted by atomic mass is 14.2. The van der Waals surface area contributed by atoms with Crippen LogP contribution in [0.25, 0.3) is 0 Å². The van der Waals surface area contributed by atoms with Crippen molar-refractivity contribution in [2.75, 3.05) is 0 Å². The van der Waals surface area contributed by atoms with E-state index in [1.807, 2.05) is 0 Å². The summed E-state index contributed by atoms with van der Waals surface area (Å²) in [7, 11) is 0. The van der Waals surface area contributed by atoms with E-state index in [0.29, 0.717) is 5.41 Å². The number of unbranched alkanes of at least 4 members (excludes halogenated alkanes) is 4. The van der Waals surface area contributed by atoms with Crippen LogP contribution in [-0.2, 0) is 0 Å². The average Bonchev–Trinajstić information content (AvgIpc) is 2.49. The fourth-order valence-corrected chi connectivity index (χ4v) is 2.32. The molecule has 0 unspecified atom stereocenters. The lowest BCUT2D eigenvalue weighted by atomic mass is 9.80. The fraction of sp³-hybridized carbons (Fsp3) is 0.739. The summed E-state index contributed by atoms with van der Waals surface area (Å²) < 4.78 is 0. The Bertz CT molecular complexity index is 337. The molecule has 0 bridgehead atoms. The molecule has 0 heteroatoms. The topological polar surface area (TPSA) is 0 Å². The van der Waals surface area contributed by atoms with Gasteiger partial charge < -0.3 is 0 Å². The van der Waals surface area contributed by atoms with Crippen molar-refractivity contribution in [3.8, 4) is 0 Å². The Labute approximate surface area is 148 Å². The maximum atomic E-state index is 3.97. The van der Waals surface area contributed by atoms with E-state index in [1.165, 1.54) is 62.5 Å². The molecule has 1 aliphatic carbocycles. The van der Waals surface area contributed by atoms with E-state index in [0.717, 1.165) is 0 Å². The third kappa shape index (κ3) is 14.5. The highest BCUT2D eigenvalue weighted by molar-refractivity contribution is 5.36. The smallest absolute Gasteiger partial charge is 0.0170 e. The molecule has 0 atom stereocenters. The summed E-state index contributed by atoms with van der Waals surface area (Å²) in [6, 6.07) is 0. The van der Waals surface area contributed by atoms with Crippen molar-refractivity contribution in [1.29, 1.82) is 0 Å². The first-order valence-electron chi connectivity index (χ1n) is 9.80. The van der Waals surface area contributed by atoms with E-state index in [9.17, 15) is 0 Å². The van der Waals surface area contributed by atoms with Gasteiger partial charge in [-0.15, -0.1) is 0 Å². The zero-order valence-corrected chi connectivity index (χ0v) is 17.5. The Kier molecular flexibility index (Phi) is 15.7. The van der Waals surface area contributed by atoms with Gasteiger partial charge in [0.15, 0.2) is 0 Å². The summed E-state index contributed by atoms with van der Waals surface area (Å²) in [5.74, 6) is 0. The van der Waals surface area contributed by atoms with Crippen LogP contribution < -0.4 is 0 Å². The number of rotatable bonds is 5. The monoisotopic (exact) mass is 320 g/mol. The standard InChI is InChI=1S/C13H20.2C5H12/c1-10(2)11-6-8-12(9-7-11)13(3,4)5;2*1-3-5-4-2/h6,8H,1,7,9H2,2-5H3;2*3-5H2,1-2H3. The fourth-order valence-electron chi connectivity index (χ4n) is 2.32. The Morgan fingerprint density at radius 2 is 1.30 bits per heavy atom. The number of allylic oxidation sites excluding steroid dienone is 5. The van der Waals surface area contributed by atoms with Crippen molar-refractivity contribution in [2.24, 2.45) is 5.41 Å². The molecule has 0 heterocycles. The molecular formula is C23H44. The van der Waals surface area contributed by atoms with E-state index >= 15 is 0 Å². The third-order valence-corrected chi connectivity index (χ3v) is 4.08. The molecule has 0 amide bonds. The van der Waals surface area contributed by atoms with Gasteiger partial charge >= 0.3 is 0 Å². The summed E-state index contributed by atoms with van der Waals surface area (Å²) in [4.78, 5) is 0. The van der Waals surface area contributed by atoms with Crippen LogP contribution in [0.15, 0.2) is 35.5 Å². The third-order valence-electron chi connectivity index (χ3n) is 4.08. The van der Waals surface area contributed by atoms with Crippen LogP contribution >= 0.6 is 0 Å². The molecule has 0 aromatic heterocycles. The molecule has 23 heavy (non-hydrogen) atoms. The second-order valence-corrected chi connectivity index (χ2v) is 7.62. The molecule has 1 rings (SSSR count). The van der Waals surface area contributed by atoms with Gasteiger partial charge in [0.25, 0.3) is 0 Å². The van der Waals surface area contributed by atoms with E-state index in [2.05, 4.69) is 74.1 Å². The lowest BCUT2D eigenvalue weighted by molar-refractivity contribution is 0.480. The van der Waals surface area contributed by atoms with Gasteiger partial charge in [-0.3, -0.25) is 0 Å². The minimum absolute atomic E-state index is 0.330. The van der Waals surface area contributed by atoms with Gasteiger partial charge in [-0.2, -0.15) is 0 Å². The highest BCUT2D eigenvalue weighted by Gasteiger charge is 2.18. The molecule has 0 aromatic rings. The van der Waals surface area contributed by atoms with Gasteiger partial charge in [-0.05, 0) is 30.8 Å². The maximum Gasteiger partial charge on any atom is -0.0170 e. The van der Waals surface area contributed by atoms with Crippen molar-refractivity contribution in [3.05, 3.63) is 35.5 Å². The van der Waals surface area contributed by atoms with Gasteiger partial charge in [-0.1, -0.05) is 117 Å². The molecule has 136 valence electrons. The minimum atomic E-state index is 0.330. The number of hydrogen-bond donors (Lipinski definition) is 0. The van der Waals surface area contributed by atoms with Crippen LogP contribution in [0.4, 0.5) is 0 Å². The van der Waals surface area contributed by atoms with Crippen LogP contribution in [0, 0.1) is 5.41 Å². The first-order chi connectivity index (χ1) is 10.7. The van der Waals surface area contributed by atoms with Crippen LogP contribution in [0.5, 0.6) is 0 Å². The van der Waals surface area contributed by atoms with Gasteiger partial charge in [0.2, 0.25) is 0 Å². The molecule has 0 saturated carbocycles. The lowest BCUT2D eigenvalue weighted by Gasteiger charge is -2.26. The predicted octanol–water partition coefficient (Wildman–Crippen LogP) is 8.65. The quantitative estimate of drug-likeness (QED) is 0.475. The largest absolute Gasteiger partial charge is 0.0958 e. The first-order valence-corrected chi connectivity index (χ1v) is 9.80. The molecule has 0 fully saturated rings. The predicted molar refractivity (Wildman–Crippen MR) is 110 cm³/mol. The molecule has 0 aliphatic heterocycles. The summed E-state index contributed by atoms with van der Waals surface area (Å²) in [5.41, 5.74) is 4.51. The average molecular weight is 321 g/mol. The first kappa shape index (κ1) is 24.5. The molecule has 0 nitrogen and oxygen atoms in total. The van der Waals surface area contributed by atoms with Crippen molar-refractivity contribution in [3.63, 3.8) is 0 Å². The summed E-state index contributed by atoms with van der Waals surface area (Å²) in [5, 5.41) is 0. The van der Waals surface area contributed by atoms with Crippen molar-refractivity contribution in [1.82, 2.24) is 0 Å². The van der Waals surface area contributed by atoms with Crippen LogP contribution in [0.1, 0.15) is 107 Å². The van der Waals surface area contributed by atoms with E-state index in [4.69, 9.17) is 0 Å². The van der Waals surface area contributed by atoms with Crippen molar-refractivity contribution >= 4 is 0 Å². The SMILES string of the molecule is C=C(C)C1=CC=C(C(C)(C)C)CC1.CCCCC.CCCCC. The molecule has 0 radical (unpaired) electrons. The van der Waals surface area contributed by atoms with Crippen molar-refractivity contribution in [2.45, 2.75) is 107 Å². The van der Waals surface area contributed by atoms with Crippen LogP contribution in [-0.4, -0.2) is 0 Å². The second-order valence-electron chi connectivity index (χ2n) is 7.62. The molecule has 1 aliphatic rings. The summed E-state index contributed by atoms with van der Waals surface area (Å²) in [6.45, 7) is 21.7. The molecule has 0 spiro atoms. The van der Waals surface area contributed by atoms with E-state index in [1.54, 1.807) is 5.57 Å². The molecule has 0 saturated heterocycles. The summed E-state index contributed by atoms with van der Waals surface area (Å²) >= 11 is 0. The van der Waals surface area contributed by atoms with Gasteiger partial charge in [-0.25, -0.2) is 0 Å². The Morgan fingerprint density at radius 3 is 1.48 bits per heavy atom. The maximum absolute atomic E-state index is 3.97. The Hall–Kier alpha value is -0.780. The zero-order chi connectivity index (χ0) is 18.3. The van der Waals surface area contributed by atoms with E-state index in [-0.39, 0.29) is 0 Å². The van der Waals surface area contributed by atoms with Crippen LogP contribution in [0.2, 0.25) is 0 Å². The zero-order valence-electron chi connectivity index (χ0n) is 17.5. The van der Waals surface area contributed by atoms with Crippen molar-refractivity contribution < 1.29 is 0 Å². The molecular weight excluding hydrogens is 276 g/mol. The highest BCUT2D eigenvalue weighted by Crippen LogP contribution is 2.34. The Morgan fingerprint density at radius 1 is 0.870 bits per heavy atom. The molecule has 0 N–H and O–H groups in total. The minimum Gasteiger partial charge on any atom is -0.0958 e.